The number of benzene rings is 1. The molecule has 0 atom stereocenters. The highest BCUT2D eigenvalue weighted by molar-refractivity contribution is 7.80. The number of carbonyl (C=O) groups excluding carboxylic acids is 1. The Balaban J connectivity index is 1.96. The Hall–Kier alpha value is -3.27. The van der Waals surface area contributed by atoms with Crippen LogP contribution in [0.3, 0.4) is 0 Å². The lowest BCUT2D eigenvalue weighted by Crippen LogP contribution is -2.30. The number of amides is 1. The van der Waals surface area contributed by atoms with Crippen LogP contribution in [-0.2, 0) is 11.3 Å². The molecule has 152 valence electrons. The van der Waals surface area contributed by atoms with Crippen LogP contribution in [0.5, 0.6) is 5.75 Å². The molecule has 1 aliphatic rings. The topological polar surface area (TPSA) is 103 Å². The van der Waals surface area contributed by atoms with E-state index >= 15 is 0 Å². The molecule has 2 aromatic rings. The van der Waals surface area contributed by atoms with Crippen molar-refractivity contribution in [3.63, 3.8) is 0 Å². The highest BCUT2D eigenvalue weighted by Crippen LogP contribution is 2.27. The lowest BCUT2D eigenvalue weighted by molar-refractivity contribution is -0.386. The molecular weight excluding hydrogens is 394 g/mol. The molecule has 1 fully saturated rings. The Morgan fingerprint density at radius 2 is 2.10 bits per heavy atom. The van der Waals surface area contributed by atoms with Gasteiger partial charge in [0.05, 0.1) is 18.6 Å². The maximum atomic E-state index is 12.4. The van der Waals surface area contributed by atoms with E-state index in [1.165, 1.54) is 4.90 Å². The van der Waals surface area contributed by atoms with Gasteiger partial charge in [0.2, 0.25) is 0 Å². The van der Waals surface area contributed by atoms with Crippen molar-refractivity contribution in [3.8, 4) is 5.75 Å². The third-order valence-corrected chi connectivity index (χ3v) is 5.06. The van der Waals surface area contributed by atoms with Crippen molar-refractivity contribution in [1.29, 1.82) is 0 Å². The molecule has 1 aliphatic heterocycles. The lowest BCUT2D eigenvalue weighted by atomic mass is 10.1. The van der Waals surface area contributed by atoms with Crippen LogP contribution in [0.4, 0.5) is 5.69 Å². The predicted molar refractivity (Wildman–Crippen MR) is 112 cm³/mol. The molecule has 0 radical (unpaired) electrons. The quantitative estimate of drug-likeness (QED) is 0.335. The van der Waals surface area contributed by atoms with Crippen LogP contribution >= 0.6 is 12.2 Å². The van der Waals surface area contributed by atoms with E-state index in [-0.39, 0.29) is 11.6 Å². The highest BCUT2D eigenvalue weighted by Gasteiger charge is 2.29. The number of ether oxygens (including phenoxy) is 1. The minimum atomic E-state index is -0.425. The van der Waals surface area contributed by atoms with E-state index in [0.717, 1.165) is 11.1 Å². The molecule has 29 heavy (non-hydrogen) atoms. The van der Waals surface area contributed by atoms with Crippen LogP contribution in [-0.4, -0.2) is 44.3 Å². The summed E-state index contributed by atoms with van der Waals surface area (Å²) in [5, 5.41) is 18.9. The number of aromatic nitrogens is 2. The molecule has 3 rings (SSSR count). The molecule has 1 saturated heterocycles. The predicted octanol–water partition coefficient (Wildman–Crippen LogP) is 2.54. The first-order valence-electron chi connectivity index (χ1n) is 8.96. The van der Waals surface area contributed by atoms with Gasteiger partial charge in [-0.25, -0.2) is 0 Å². The lowest BCUT2D eigenvalue weighted by Gasteiger charge is -2.11. The Bertz CT molecular complexity index is 1040. The number of nitro groups is 1. The summed E-state index contributed by atoms with van der Waals surface area (Å²) in [4.78, 5) is 24.7. The van der Waals surface area contributed by atoms with Gasteiger partial charge in [-0.3, -0.25) is 24.5 Å². The summed E-state index contributed by atoms with van der Waals surface area (Å²) in [7, 11) is 1.56. The third-order valence-electron chi connectivity index (χ3n) is 4.74. The fourth-order valence-electron chi connectivity index (χ4n) is 3.30. The van der Waals surface area contributed by atoms with Gasteiger partial charge in [0, 0.05) is 12.1 Å². The molecule has 10 heteroatoms. The number of likely N-dealkylation sites (N-methyl/N-ethyl adjacent to an activating group) is 1. The van der Waals surface area contributed by atoms with Gasteiger partial charge in [0.1, 0.15) is 22.8 Å². The van der Waals surface area contributed by atoms with Crippen LogP contribution in [0.1, 0.15) is 29.4 Å². The Morgan fingerprint density at radius 1 is 1.38 bits per heavy atom. The van der Waals surface area contributed by atoms with Gasteiger partial charge in [-0.1, -0.05) is 6.07 Å². The molecule has 9 nitrogen and oxygen atoms in total. The second-order valence-electron chi connectivity index (χ2n) is 6.54. The van der Waals surface area contributed by atoms with E-state index in [1.807, 2.05) is 19.1 Å². The van der Waals surface area contributed by atoms with E-state index in [0.29, 0.717) is 41.0 Å². The number of hydrogen-bond donors (Lipinski definition) is 1. The maximum Gasteiger partial charge on any atom is 0.312 e. The van der Waals surface area contributed by atoms with E-state index < -0.39 is 4.92 Å². The number of hydrogen-bond acceptors (Lipinski definition) is 6. The summed E-state index contributed by atoms with van der Waals surface area (Å²) >= 11 is 5.18. The largest absolute Gasteiger partial charge is 0.496 e. The van der Waals surface area contributed by atoms with E-state index in [9.17, 15) is 14.9 Å². The molecule has 0 aliphatic carbocycles. The van der Waals surface area contributed by atoms with Crippen LogP contribution in [0.2, 0.25) is 0 Å². The van der Waals surface area contributed by atoms with Crippen molar-refractivity contribution in [2.75, 3.05) is 13.7 Å². The molecule has 0 spiro atoms. The summed E-state index contributed by atoms with van der Waals surface area (Å²) in [6.45, 7) is 5.92. The van der Waals surface area contributed by atoms with Crippen LogP contribution in [0, 0.1) is 24.0 Å². The molecule has 2 heterocycles. The first kappa shape index (κ1) is 20.5. The summed E-state index contributed by atoms with van der Waals surface area (Å²) < 4.78 is 7.01. The zero-order valence-corrected chi connectivity index (χ0v) is 17.4. The molecule has 0 saturated carbocycles. The first-order valence-corrected chi connectivity index (χ1v) is 9.37. The zero-order chi connectivity index (χ0) is 21.3. The van der Waals surface area contributed by atoms with Crippen molar-refractivity contribution in [2.45, 2.75) is 27.3 Å². The number of nitrogens with zero attached hydrogens (tertiary/aromatic N) is 4. The second-order valence-corrected chi connectivity index (χ2v) is 6.93. The summed E-state index contributed by atoms with van der Waals surface area (Å²) in [5.74, 6) is 0.447. The van der Waals surface area contributed by atoms with E-state index in [2.05, 4.69) is 10.4 Å². The standard InChI is InChI=1S/C19H21N5O4S/c1-5-22-18(25)15(20-19(22)29)9-13-6-7-16(28-4)14(8-13)10-23-12(3)17(24(26)27)11(2)21-23/h6-9H,5,10H2,1-4H3,(H,20,29)/b15-9+. The molecule has 0 bridgehead atoms. The Morgan fingerprint density at radius 3 is 2.66 bits per heavy atom. The van der Waals surface area contributed by atoms with Gasteiger partial charge in [0.25, 0.3) is 5.91 Å². The molecule has 1 aromatic heterocycles. The van der Waals surface area contributed by atoms with Gasteiger partial charge in [-0.15, -0.1) is 0 Å². The minimum absolute atomic E-state index is 0.0103. The van der Waals surface area contributed by atoms with Crippen molar-refractivity contribution in [1.82, 2.24) is 20.0 Å². The van der Waals surface area contributed by atoms with Gasteiger partial charge >= 0.3 is 5.69 Å². The van der Waals surface area contributed by atoms with Gasteiger partial charge < -0.3 is 10.1 Å². The average Bonchev–Trinajstić information content (AvgIpc) is 3.09. The minimum Gasteiger partial charge on any atom is -0.496 e. The Labute approximate surface area is 173 Å². The highest BCUT2D eigenvalue weighted by atomic mass is 32.1. The van der Waals surface area contributed by atoms with Crippen LogP contribution in [0.25, 0.3) is 6.08 Å². The van der Waals surface area contributed by atoms with E-state index in [1.54, 1.807) is 37.8 Å². The third kappa shape index (κ3) is 3.83. The van der Waals surface area contributed by atoms with E-state index in [4.69, 9.17) is 17.0 Å². The number of thiocarbonyl (C=S) groups is 1. The fraction of sp³-hybridized carbons (Fsp3) is 0.316. The number of carbonyl (C=O) groups is 1. The maximum absolute atomic E-state index is 12.4. The first-order chi connectivity index (χ1) is 13.8. The number of methoxy groups -OCH3 is 1. The molecule has 0 unspecified atom stereocenters. The van der Waals surface area contributed by atoms with Crippen molar-refractivity contribution >= 4 is 35.0 Å². The second kappa shape index (κ2) is 8.00. The SMILES string of the molecule is CCN1C(=O)/C(=C\c2ccc(OC)c(Cn3nc(C)c([N+](=O)[O-])c3C)c2)NC1=S. The monoisotopic (exact) mass is 415 g/mol. The van der Waals surface area contributed by atoms with Gasteiger partial charge in [-0.05, 0) is 56.8 Å². The molecule has 1 N–H and O–H groups in total. The fourth-order valence-corrected chi connectivity index (χ4v) is 3.63. The van der Waals surface area contributed by atoms with Gasteiger partial charge in [-0.2, -0.15) is 5.10 Å². The summed E-state index contributed by atoms with van der Waals surface area (Å²) in [6, 6.07) is 5.48. The zero-order valence-electron chi connectivity index (χ0n) is 16.6. The van der Waals surface area contributed by atoms with Crippen LogP contribution in [0.15, 0.2) is 23.9 Å². The molecular formula is C19H21N5O4S. The smallest absolute Gasteiger partial charge is 0.312 e. The number of nitrogens with one attached hydrogen (secondary N) is 1. The molecule has 1 amide bonds. The van der Waals surface area contributed by atoms with Crippen molar-refractivity contribution in [3.05, 3.63) is 56.5 Å². The van der Waals surface area contributed by atoms with Gasteiger partial charge in [0.15, 0.2) is 5.11 Å². The van der Waals surface area contributed by atoms with Crippen molar-refractivity contribution < 1.29 is 14.5 Å². The number of aryl methyl sites for hydroxylation is 1. The van der Waals surface area contributed by atoms with Crippen LogP contribution < -0.4 is 10.1 Å². The average molecular weight is 415 g/mol. The Kier molecular flexibility index (Phi) is 5.64. The number of rotatable bonds is 6. The summed E-state index contributed by atoms with van der Waals surface area (Å²) in [6.07, 6.45) is 1.72. The van der Waals surface area contributed by atoms with Crippen molar-refractivity contribution in [2.24, 2.45) is 0 Å². The molecule has 1 aromatic carbocycles. The normalized spacial score (nSPS) is 15.2. The summed E-state index contributed by atoms with van der Waals surface area (Å²) in [5.41, 5.74) is 2.79.